The molecule has 0 heterocycles. The van der Waals surface area contributed by atoms with Gasteiger partial charge in [-0.2, -0.15) is 0 Å². The number of rotatable bonds is 3. The first kappa shape index (κ1) is 12.4. The maximum atomic E-state index is 11.4. The molecule has 4 nitrogen and oxygen atoms in total. The van der Waals surface area contributed by atoms with Crippen molar-refractivity contribution in [3.05, 3.63) is 0 Å². The van der Waals surface area contributed by atoms with E-state index in [0.29, 0.717) is 0 Å². The van der Waals surface area contributed by atoms with Crippen LogP contribution in [0.1, 0.15) is 34.1 Å². The molecule has 0 aromatic heterocycles. The van der Waals surface area contributed by atoms with Crippen LogP contribution in [0.25, 0.3) is 0 Å². The predicted octanol–water partition coefficient (Wildman–Crippen LogP) is 0.646. The van der Waals surface area contributed by atoms with Gasteiger partial charge in [0.1, 0.15) is 5.60 Å². The normalized spacial score (nSPS) is 16.5. The Hall–Kier alpha value is -0.610. The summed E-state index contributed by atoms with van der Waals surface area (Å²) in [6.07, 6.45) is 0.276. The van der Waals surface area contributed by atoms with Crippen molar-refractivity contribution in [2.45, 2.75) is 45.4 Å². The average molecular weight is 189 g/mol. The summed E-state index contributed by atoms with van der Waals surface area (Å²) in [4.78, 5) is 11.4. The number of hydrogen-bond donors (Lipinski definition) is 2. The van der Waals surface area contributed by atoms with E-state index < -0.39 is 17.3 Å². The summed E-state index contributed by atoms with van der Waals surface area (Å²) >= 11 is 0. The molecule has 78 valence electrons. The highest BCUT2D eigenvalue weighted by molar-refractivity contribution is 5.78. The van der Waals surface area contributed by atoms with Crippen molar-refractivity contribution in [1.29, 1.82) is 0 Å². The van der Waals surface area contributed by atoms with E-state index in [0.717, 1.165) is 0 Å². The Morgan fingerprint density at radius 3 is 2.15 bits per heavy atom. The average Bonchev–Trinajstić information content (AvgIpc) is 2.00. The van der Waals surface area contributed by atoms with Crippen molar-refractivity contribution in [2.24, 2.45) is 0 Å². The first-order valence-electron chi connectivity index (χ1n) is 4.40. The first-order chi connectivity index (χ1) is 5.75. The van der Waals surface area contributed by atoms with Gasteiger partial charge in [0.2, 0.25) is 5.72 Å². The van der Waals surface area contributed by atoms with Gasteiger partial charge in [0.15, 0.2) is 0 Å². The number of nitrogens with one attached hydrogen (secondary N) is 1. The second kappa shape index (κ2) is 4.07. The van der Waals surface area contributed by atoms with Gasteiger partial charge >= 0.3 is 5.97 Å². The Morgan fingerprint density at radius 1 is 1.46 bits per heavy atom. The van der Waals surface area contributed by atoms with Crippen LogP contribution in [-0.2, 0) is 9.53 Å². The number of likely N-dealkylation sites (N-methyl/N-ethyl adjacent to an activating group) is 1. The van der Waals surface area contributed by atoms with Crippen molar-refractivity contribution in [3.63, 3.8) is 0 Å². The number of esters is 1. The molecule has 0 bridgehead atoms. The molecule has 0 rings (SSSR count). The van der Waals surface area contributed by atoms with Gasteiger partial charge in [-0.3, -0.25) is 5.32 Å². The van der Waals surface area contributed by atoms with Gasteiger partial charge in [-0.1, -0.05) is 6.92 Å². The van der Waals surface area contributed by atoms with Gasteiger partial charge < -0.3 is 9.84 Å². The van der Waals surface area contributed by atoms with Gasteiger partial charge in [0.25, 0.3) is 0 Å². The zero-order valence-electron chi connectivity index (χ0n) is 8.97. The largest absolute Gasteiger partial charge is 0.457 e. The molecule has 0 aliphatic heterocycles. The molecular formula is C9H19NO3. The van der Waals surface area contributed by atoms with E-state index >= 15 is 0 Å². The van der Waals surface area contributed by atoms with Crippen molar-refractivity contribution < 1.29 is 14.6 Å². The van der Waals surface area contributed by atoms with Gasteiger partial charge in [-0.25, -0.2) is 4.79 Å². The molecule has 0 aliphatic carbocycles. The minimum atomic E-state index is -1.56. The molecule has 0 saturated heterocycles. The van der Waals surface area contributed by atoms with Gasteiger partial charge in [-0.05, 0) is 34.2 Å². The molecule has 0 amide bonds. The fourth-order valence-corrected chi connectivity index (χ4v) is 0.786. The summed E-state index contributed by atoms with van der Waals surface area (Å²) in [5.41, 5.74) is -2.13. The van der Waals surface area contributed by atoms with Crippen molar-refractivity contribution in [2.75, 3.05) is 7.05 Å². The fraction of sp³-hybridized carbons (Fsp3) is 0.889. The Morgan fingerprint density at radius 2 is 1.92 bits per heavy atom. The molecule has 4 heteroatoms. The van der Waals surface area contributed by atoms with Crippen LogP contribution in [0, 0.1) is 0 Å². The van der Waals surface area contributed by atoms with Crippen LogP contribution in [-0.4, -0.2) is 29.4 Å². The fourth-order valence-electron chi connectivity index (χ4n) is 0.786. The lowest BCUT2D eigenvalue weighted by Crippen LogP contribution is -2.52. The van der Waals surface area contributed by atoms with E-state index in [4.69, 9.17) is 4.74 Å². The van der Waals surface area contributed by atoms with E-state index in [1.165, 1.54) is 7.05 Å². The minimum absolute atomic E-state index is 0.276. The molecule has 0 fully saturated rings. The molecule has 13 heavy (non-hydrogen) atoms. The monoisotopic (exact) mass is 189 g/mol. The van der Waals surface area contributed by atoms with Crippen LogP contribution in [0.15, 0.2) is 0 Å². The zero-order valence-corrected chi connectivity index (χ0v) is 8.97. The summed E-state index contributed by atoms with van der Waals surface area (Å²) in [5.74, 6) is -0.634. The van der Waals surface area contributed by atoms with Crippen LogP contribution in [0.3, 0.4) is 0 Å². The van der Waals surface area contributed by atoms with Crippen LogP contribution in [0.2, 0.25) is 0 Å². The minimum Gasteiger partial charge on any atom is -0.457 e. The number of carbonyl (C=O) groups excluding carboxylic acids is 1. The summed E-state index contributed by atoms with van der Waals surface area (Å²) in [6.45, 7) is 6.99. The Bertz CT molecular complexity index is 180. The molecule has 0 aromatic rings. The lowest BCUT2D eigenvalue weighted by molar-refractivity contribution is -0.180. The standard InChI is InChI=1S/C9H19NO3/c1-6-9(12,10-5)7(11)13-8(2,3)4/h10,12H,6H2,1-5H3. The van der Waals surface area contributed by atoms with Gasteiger partial charge in [-0.15, -0.1) is 0 Å². The number of ether oxygens (including phenoxy) is 1. The van der Waals surface area contributed by atoms with Crippen molar-refractivity contribution in [3.8, 4) is 0 Å². The van der Waals surface area contributed by atoms with Crippen molar-refractivity contribution >= 4 is 5.97 Å². The SMILES string of the molecule is CCC(O)(NC)C(=O)OC(C)(C)C. The van der Waals surface area contributed by atoms with E-state index in [-0.39, 0.29) is 6.42 Å². The molecule has 0 saturated carbocycles. The van der Waals surface area contributed by atoms with E-state index in [9.17, 15) is 9.90 Å². The quantitative estimate of drug-likeness (QED) is 0.505. The van der Waals surface area contributed by atoms with Crippen LogP contribution in [0.5, 0.6) is 0 Å². The smallest absolute Gasteiger partial charge is 0.354 e. The van der Waals surface area contributed by atoms with E-state index in [2.05, 4.69) is 5.32 Å². The zero-order chi connectivity index (χ0) is 10.7. The molecule has 0 aliphatic rings. The topological polar surface area (TPSA) is 58.6 Å². The lowest BCUT2D eigenvalue weighted by atomic mass is 10.1. The van der Waals surface area contributed by atoms with E-state index in [1.807, 2.05) is 0 Å². The van der Waals surface area contributed by atoms with Crippen LogP contribution >= 0.6 is 0 Å². The maximum absolute atomic E-state index is 11.4. The molecule has 1 unspecified atom stereocenters. The summed E-state index contributed by atoms with van der Waals surface area (Å²) in [7, 11) is 1.52. The lowest BCUT2D eigenvalue weighted by Gasteiger charge is -2.28. The summed E-state index contributed by atoms with van der Waals surface area (Å²) < 4.78 is 5.03. The Labute approximate surface area is 79.3 Å². The number of aliphatic hydroxyl groups is 1. The van der Waals surface area contributed by atoms with Crippen molar-refractivity contribution in [1.82, 2.24) is 5.32 Å². The summed E-state index contributed by atoms with van der Waals surface area (Å²) in [5, 5.41) is 12.2. The highest BCUT2D eigenvalue weighted by Crippen LogP contribution is 2.14. The molecule has 0 radical (unpaired) electrons. The first-order valence-corrected chi connectivity index (χ1v) is 4.40. The van der Waals surface area contributed by atoms with E-state index in [1.54, 1.807) is 27.7 Å². The highest BCUT2D eigenvalue weighted by atomic mass is 16.6. The third-order valence-electron chi connectivity index (χ3n) is 1.66. The van der Waals surface area contributed by atoms with Crippen LogP contribution < -0.4 is 5.32 Å². The maximum Gasteiger partial charge on any atom is 0.354 e. The molecule has 1 atom stereocenters. The highest BCUT2D eigenvalue weighted by Gasteiger charge is 2.36. The molecule has 0 spiro atoms. The Balaban J connectivity index is 4.41. The van der Waals surface area contributed by atoms with Gasteiger partial charge in [0, 0.05) is 0 Å². The molecular weight excluding hydrogens is 170 g/mol. The second-order valence-electron chi connectivity index (χ2n) is 3.97. The number of carbonyl (C=O) groups is 1. The Kier molecular flexibility index (Phi) is 3.88. The molecule has 0 aromatic carbocycles. The van der Waals surface area contributed by atoms with Gasteiger partial charge in [0.05, 0.1) is 0 Å². The third kappa shape index (κ3) is 3.74. The molecule has 2 N–H and O–H groups in total. The second-order valence-corrected chi connectivity index (χ2v) is 3.97. The number of hydrogen-bond acceptors (Lipinski definition) is 4. The summed E-state index contributed by atoms with van der Waals surface area (Å²) in [6, 6.07) is 0. The van der Waals surface area contributed by atoms with Crippen LogP contribution in [0.4, 0.5) is 0 Å². The third-order valence-corrected chi connectivity index (χ3v) is 1.66. The predicted molar refractivity (Wildman–Crippen MR) is 50.1 cm³/mol.